The molecule has 1 amide bonds. The zero-order valence-electron chi connectivity index (χ0n) is 14.0. The van der Waals surface area contributed by atoms with Crippen LogP contribution in [0, 0.1) is 0 Å². The van der Waals surface area contributed by atoms with Crippen molar-refractivity contribution in [1.82, 2.24) is 14.9 Å². The van der Waals surface area contributed by atoms with Crippen LogP contribution in [0.2, 0.25) is 0 Å². The number of amides is 1. The van der Waals surface area contributed by atoms with Crippen LogP contribution in [-0.2, 0) is 0 Å². The second-order valence-electron chi connectivity index (χ2n) is 6.37. The minimum atomic E-state index is -0.552. The van der Waals surface area contributed by atoms with E-state index in [9.17, 15) is 4.79 Å². The summed E-state index contributed by atoms with van der Waals surface area (Å²) < 4.78 is 5.20. The summed E-state index contributed by atoms with van der Waals surface area (Å²) >= 11 is 0. The fraction of sp³-hybridized carbons (Fsp3) is 0.389. The van der Waals surface area contributed by atoms with Gasteiger partial charge < -0.3 is 14.5 Å². The topological polar surface area (TPSA) is 70.6 Å². The Hall–Kier alpha value is -2.67. The summed E-state index contributed by atoms with van der Waals surface area (Å²) in [6.45, 7) is 4.33. The van der Waals surface area contributed by atoms with Crippen molar-refractivity contribution in [3.05, 3.63) is 42.7 Å². The number of rotatable bonds is 3. The molecule has 1 aromatic heterocycles. The molecule has 3 aliphatic rings. The molecule has 7 heteroatoms. The van der Waals surface area contributed by atoms with Crippen molar-refractivity contribution >= 4 is 17.7 Å². The number of carbonyl (C=O) groups excluding carboxylic acids is 1. The number of hydrogen-bond acceptors (Lipinski definition) is 6. The van der Waals surface area contributed by atoms with Crippen LogP contribution in [0.3, 0.4) is 0 Å². The lowest BCUT2D eigenvalue weighted by Crippen LogP contribution is -2.38. The number of para-hydroxylation sites is 1. The van der Waals surface area contributed by atoms with Crippen molar-refractivity contribution in [1.29, 1.82) is 0 Å². The predicted molar refractivity (Wildman–Crippen MR) is 94.9 cm³/mol. The van der Waals surface area contributed by atoms with Crippen molar-refractivity contribution in [2.75, 3.05) is 36.4 Å². The maximum absolute atomic E-state index is 11.9. The molecule has 4 heterocycles. The lowest BCUT2D eigenvalue weighted by molar-refractivity contribution is 0.215. The number of carbonyl (C=O) groups is 1. The monoisotopic (exact) mass is 339 g/mol. The van der Waals surface area contributed by atoms with Crippen LogP contribution in [-0.4, -0.2) is 53.2 Å². The molecule has 7 nitrogen and oxygen atoms in total. The van der Waals surface area contributed by atoms with E-state index >= 15 is 0 Å². The van der Waals surface area contributed by atoms with Crippen molar-refractivity contribution in [3.63, 3.8) is 0 Å². The van der Waals surface area contributed by atoms with Crippen molar-refractivity contribution < 1.29 is 9.53 Å². The predicted octanol–water partition coefficient (Wildman–Crippen LogP) is 2.37. The minimum absolute atomic E-state index is 0.493. The van der Waals surface area contributed by atoms with Gasteiger partial charge in [-0.15, -0.1) is 0 Å². The largest absolute Gasteiger partial charge is 0.417 e. The van der Waals surface area contributed by atoms with E-state index in [4.69, 9.17) is 4.74 Å². The van der Waals surface area contributed by atoms with Gasteiger partial charge in [0, 0.05) is 32.2 Å². The summed E-state index contributed by atoms with van der Waals surface area (Å²) in [7, 11) is 0. The highest BCUT2D eigenvalue weighted by Gasteiger charge is 2.30. The highest BCUT2D eigenvalue weighted by molar-refractivity contribution is 5.85. The van der Waals surface area contributed by atoms with Gasteiger partial charge in [0.15, 0.2) is 0 Å². The Kier molecular flexibility index (Phi) is 4.47. The van der Waals surface area contributed by atoms with E-state index in [0.29, 0.717) is 17.5 Å². The number of nitrogens with zero attached hydrogens (tertiary/aromatic N) is 4. The highest BCUT2D eigenvalue weighted by Crippen LogP contribution is 2.24. The first-order valence-corrected chi connectivity index (χ1v) is 8.63. The molecule has 3 fully saturated rings. The van der Waals surface area contributed by atoms with E-state index in [0.717, 1.165) is 45.0 Å². The standard InChI is InChI=1S/C18H21N5O2/c24-18(25-16-4-2-1-3-5-16)21-14-12-19-17(20-13-14)23-11-10-22-8-6-15(23)7-9-22/h1-5,12-13,15H,6-11H2,(H,21,24). The second-order valence-corrected chi connectivity index (χ2v) is 6.37. The summed E-state index contributed by atoms with van der Waals surface area (Å²) in [5.41, 5.74) is 0.521. The number of fused-ring (bicyclic) bond motifs is 4. The average molecular weight is 339 g/mol. The minimum Gasteiger partial charge on any atom is -0.410 e. The lowest BCUT2D eigenvalue weighted by atomic mass is 10.1. The third-order valence-electron chi connectivity index (χ3n) is 4.75. The van der Waals surface area contributed by atoms with Crippen LogP contribution in [0.15, 0.2) is 42.7 Å². The quantitative estimate of drug-likeness (QED) is 0.926. The molecule has 2 aromatic rings. The average Bonchev–Trinajstić information content (AvgIpc) is 2.97. The van der Waals surface area contributed by atoms with Crippen LogP contribution in [0.4, 0.5) is 16.4 Å². The molecule has 0 unspecified atom stereocenters. The van der Waals surface area contributed by atoms with Crippen LogP contribution in [0.1, 0.15) is 12.8 Å². The van der Waals surface area contributed by atoms with Gasteiger partial charge in [0.1, 0.15) is 5.75 Å². The summed E-state index contributed by atoms with van der Waals surface area (Å²) in [6.07, 6.45) is 5.03. The summed E-state index contributed by atoms with van der Waals surface area (Å²) in [5.74, 6) is 1.23. The molecule has 2 bridgehead atoms. The van der Waals surface area contributed by atoms with Gasteiger partial charge in [-0.2, -0.15) is 0 Å². The molecule has 0 atom stereocenters. The molecule has 1 aromatic carbocycles. The first-order valence-electron chi connectivity index (χ1n) is 8.63. The van der Waals surface area contributed by atoms with E-state index in [1.54, 1.807) is 24.5 Å². The molecule has 3 saturated heterocycles. The van der Waals surface area contributed by atoms with E-state index in [2.05, 4.69) is 25.1 Å². The first kappa shape index (κ1) is 15.8. The second kappa shape index (κ2) is 7.06. The lowest BCUT2D eigenvalue weighted by Gasteiger charge is -2.31. The third-order valence-corrected chi connectivity index (χ3v) is 4.75. The summed E-state index contributed by atoms with van der Waals surface area (Å²) in [4.78, 5) is 25.6. The molecule has 130 valence electrons. The molecule has 3 aliphatic heterocycles. The number of ether oxygens (including phenoxy) is 1. The third kappa shape index (κ3) is 3.71. The van der Waals surface area contributed by atoms with E-state index < -0.39 is 6.09 Å². The van der Waals surface area contributed by atoms with Gasteiger partial charge in [-0.25, -0.2) is 14.8 Å². The number of hydrogen-bond donors (Lipinski definition) is 1. The summed E-state index contributed by atoms with van der Waals surface area (Å²) in [6, 6.07) is 9.45. The molecule has 0 aliphatic carbocycles. The van der Waals surface area contributed by atoms with E-state index in [1.165, 1.54) is 0 Å². The van der Waals surface area contributed by atoms with Gasteiger partial charge in [0.2, 0.25) is 5.95 Å². The maximum Gasteiger partial charge on any atom is 0.417 e. The van der Waals surface area contributed by atoms with Gasteiger partial charge in [-0.05, 0) is 25.0 Å². The van der Waals surface area contributed by atoms with Crippen LogP contribution in [0.5, 0.6) is 5.75 Å². The smallest absolute Gasteiger partial charge is 0.410 e. The van der Waals surface area contributed by atoms with Crippen molar-refractivity contribution in [3.8, 4) is 5.75 Å². The van der Waals surface area contributed by atoms with Crippen molar-refractivity contribution in [2.24, 2.45) is 0 Å². The molecule has 0 saturated carbocycles. The fourth-order valence-electron chi connectivity index (χ4n) is 3.42. The molecule has 0 spiro atoms. The van der Waals surface area contributed by atoms with Crippen LogP contribution >= 0.6 is 0 Å². The molecular weight excluding hydrogens is 318 g/mol. The van der Waals surface area contributed by atoms with Gasteiger partial charge >= 0.3 is 6.09 Å². The number of anilines is 2. The fourth-order valence-corrected chi connectivity index (χ4v) is 3.42. The summed E-state index contributed by atoms with van der Waals surface area (Å²) in [5, 5.41) is 2.65. The molecule has 1 N–H and O–H groups in total. The van der Waals surface area contributed by atoms with Crippen LogP contribution in [0.25, 0.3) is 0 Å². The zero-order valence-corrected chi connectivity index (χ0v) is 14.0. The number of nitrogens with one attached hydrogen (secondary N) is 1. The highest BCUT2D eigenvalue weighted by atomic mass is 16.6. The Labute approximate surface area is 146 Å². The molecular formula is C18H21N5O2. The van der Waals surface area contributed by atoms with E-state index in [-0.39, 0.29) is 0 Å². The van der Waals surface area contributed by atoms with Crippen LogP contribution < -0.4 is 15.0 Å². The number of aromatic nitrogens is 2. The van der Waals surface area contributed by atoms with Crippen molar-refractivity contribution in [2.45, 2.75) is 18.9 Å². The normalized spacial score (nSPS) is 22.3. The number of benzene rings is 1. The Morgan fingerprint density at radius 3 is 2.48 bits per heavy atom. The van der Waals surface area contributed by atoms with Gasteiger partial charge in [0.05, 0.1) is 18.1 Å². The van der Waals surface area contributed by atoms with Gasteiger partial charge in [-0.1, -0.05) is 18.2 Å². The van der Waals surface area contributed by atoms with E-state index in [1.807, 2.05) is 18.2 Å². The first-order chi connectivity index (χ1) is 12.3. The number of piperidine rings is 1. The zero-order chi connectivity index (χ0) is 17.1. The Balaban J connectivity index is 1.39. The van der Waals surface area contributed by atoms with Gasteiger partial charge in [-0.3, -0.25) is 5.32 Å². The maximum atomic E-state index is 11.9. The Morgan fingerprint density at radius 1 is 1.04 bits per heavy atom. The van der Waals surface area contributed by atoms with Gasteiger partial charge in [0.25, 0.3) is 0 Å². The SMILES string of the molecule is O=C(Nc1cnc(N2CCN3CCC2CC3)nc1)Oc1ccccc1. The molecule has 25 heavy (non-hydrogen) atoms. The molecule has 5 rings (SSSR count). The molecule has 0 radical (unpaired) electrons. The Bertz CT molecular complexity index is 714. The Morgan fingerprint density at radius 2 is 1.76 bits per heavy atom.